The van der Waals surface area contributed by atoms with Gasteiger partial charge in [0.2, 0.25) is 0 Å². The molecular weight excluding hydrogens is 264 g/mol. The maximum atomic E-state index is 11.5. The van der Waals surface area contributed by atoms with E-state index in [9.17, 15) is 14.4 Å². The zero-order valence-electron chi connectivity index (χ0n) is 13.4. The smallest absolute Gasteiger partial charge is 0.338 e. The zero-order valence-corrected chi connectivity index (χ0v) is 10.4. The summed E-state index contributed by atoms with van der Waals surface area (Å²) in [5.41, 5.74) is 0.367. The van der Waals surface area contributed by atoms with E-state index in [1.54, 1.807) is 30.3 Å². The van der Waals surface area contributed by atoms with Crippen molar-refractivity contribution < 1.29 is 32.7 Å². The predicted octanol–water partition coefficient (Wildman–Crippen LogP) is 1.12. The number of hydrogen-bond acceptors (Lipinski definition) is 6. The van der Waals surface area contributed by atoms with Gasteiger partial charge < -0.3 is 14.2 Å². The Labute approximate surface area is 120 Å². The monoisotopic (exact) mass is 281 g/mol. The summed E-state index contributed by atoms with van der Waals surface area (Å²) in [5.74, 6) is -2.65. The van der Waals surface area contributed by atoms with Crippen molar-refractivity contribution in [2.75, 3.05) is 20.3 Å². The molecular formula is C14H14O6. The molecule has 0 heterocycles. The van der Waals surface area contributed by atoms with Crippen LogP contribution in [-0.2, 0) is 23.8 Å². The molecule has 0 saturated heterocycles. The Kier molecular flexibility index (Phi) is 4.75. The average Bonchev–Trinajstić information content (AvgIpc) is 2.48. The fourth-order valence-electron chi connectivity index (χ4n) is 1.15. The lowest BCUT2D eigenvalue weighted by Crippen LogP contribution is -2.13. The van der Waals surface area contributed by atoms with Crippen molar-refractivity contribution in [3.63, 3.8) is 0 Å². The molecule has 1 aromatic rings. The van der Waals surface area contributed by atoms with E-state index in [-0.39, 0.29) is 13.2 Å². The second-order valence-electron chi connectivity index (χ2n) is 3.42. The van der Waals surface area contributed by atoms with Crippen LogP contribution in [0.5, 0.6) is 0 Å². The first-order valence-corrected chi connectivity index (χ1v) is 5.58. The van der Waals surface area contributed by atoms with Gasteiger partial charge >= 0.3 is 17.9 Å². The van der Waals surface area contributed by atoms with Gasteiger partial charge in [-0.05, 0) is 12.1 Å². The van der Waals surface area contributed by atoms with Gasteiger partial charge in [0.25, 0.3) is 0 Å². The minimum absolute atomic E-state index is 0.160. The van der Waals surface area contributed by atoms with Gasteiger partial charge in [-0.2, -0.15) is 0 Å². The molecule has 6 nitrogen and oxygen atoms in total. The first kappa shape index (κ1) is 11.2. The largest absolute Gasteiger partial charge is 0.466 e. The van der Waals surface area contributed by atoms with Gasteiger partial charge in [-0.25, -0.2) is 14.4 Å². The normalized spacial score (nSPS) is 12.9. The van der Waals surface area contributed by atoms with Crippen LogP contribution in [0.1, 0.15) is 14.5 Å². The Morgan fingerprint density at radius 1 is 1.05 bits per heavy atom. The first-order valence-electron chi connectivity index (χ1n) is 7.08. The number of esters is 3. The van der Waals surface area contributed by atoms with Gasteiger partial charge in [-0.3, -0.25) is 0 Å². The molecule has 0 spiro atoms. The summed E-state index contributed by atoms with van der Waals surface area (Å²) in [7, 11) is -2.88. The minimum atomic E-state index is -2.88. The standard InChI is InChI=1S/C14H14O6/c1-18-12(15)7-8-13(16)19-9-10-20-14(17)11-5-3-2-4-6-11/h2-8H,9-10H2,1H3/b8-7+/i1D3. The second kappa shape index (κ2) is 8.47. The summed E-state index contributed by atoms with van der Waals surface area (Å²) in [5, 5.41) is 0. The molecule has 0 aliphatic rings. The maximum absolute atomic E-state index is 11.5. The molecule has 0 bridgehead atoms. The molecule has 6 heteroatoms. The Balaban J connectivity index is 2.24. The highest BCUT2D eigenvalue weighted by molar-refractivity contribution is 5.91. The van der Waals surface area contributed by atoms with Gasteiger partial charge in [-0.1, -0.05) is 18.2 Å². The molecule has 0 aliphatic carbocycles. The van der Waals surface area contributed by atoms with Crippen molar-refractivity contribution >= 4 is 17.9 Å². The number of ether oxygens (including phenoxy) is 3. The van der Waals surface area contributed by atoms with E-state index in [0.717, 1.165) is 0 Å². The Morgan fingerprint density at radius 2 is 1.70 bits per heavy atom. The molecule has 1 rings (SSSR count). The highest BCUT2D eigenvalue weighted by atomic mass is 16.6. The maximum Gasteiger partial charge on any atom is 0.338 e. The fraction of sp³-hybridized carbons (Fsp3) is 0.214. The van der Waals surface area contributed by atoms with E-state index in [0.29, 0.717) is 17.7 Å². The second-order valence-corrected chi connectivity index (χ2v) is 3.42. The van der Waals surface area contributed by atoms with E-state index < -0.39 is 24.9 Å². The number of benzene rings is 1. The number of methoxy groups -OCH3 is 1. The van der Waals surface area contributed by atoms with Crippen LogP contribution in [0, 0.1) is 0 Å². The minimum Gasteiger partial charge on any atom is -0.466 e. The SMILES string of the molecule is [2H]C([2H])([2H])OC(=O)/C=C/C(=O)OCCOC(=O)c1ccccc1. The molecule has 0 atom stereocenters. The van der Waals surface area contributed by atoms with E-state index in [1.807, 2.05) is 0 Å². The molecule has 0 fully saturated rings. The summed E-state index contributed by atoms with van der Waals surface area (Å²) in [6.45, 7) is -0.372. The summed E-state index contributed by atoms with van der Waals surface area (Å²) in [4.78, 5) is 33.8. The van der Waals surface area contributed by atoms with Crippen molar-refractivity contribution in [2.24, 2.45) is 0 Å². The highest BCUT2D eigenvalue weighted by Crippen LogP contribution is 2.00. The zero-order chi connectivity index (χ0) is 17.3. The molecule has 0 unspecified atom stereocenters. The summed E-state index contributed by atoms with van der Waals surface area (Å²) >= 11 is 0. The van der Waals surface area contributed by atoms with Crippen LogP contribution < -0.4 is 0 Å². The van der Waals surface area contributed by atoms with E-state index in [4.69, 9.17) is 8.85 Å². The summed E-state index contributed by atoms with van der Waals surface area (Å²) in [6.07, 6.45) is 1.35. The number of hydrogen-bond donors (Lipinski definition) is 0. The quantitative estimate of drug-likeness (QED) is 0.336. The topological polar surface area (TPSA) is 78.9 Å². The van der Waals surface area contributed by atoms with Crippen LogP contribution in [0.4, 0.5) is 0 Å². The number of carbonyl (C=O) groups is 3. The molecule has 20 heavy (non-hydrogen) atoms. The molecule has 106 valence electrons. The third-order valence-corrected chi connectivity index (χ3v) is 2.03. The van der Waals surface area contributed by atoms with Crippen LogP contribution in [-0.4, -0.2) is 38.2 Å². The van der Waals surface area contributed by atoms with Gasteiger partial charge in [0.1, 0.15) is 13.2 Å². The van der Waals surface area contributed by atoms with Crippen molar-refractivity contribution in [1.82, 2.24) is 0 Å². The van der Waals surface area contributed by atoms with E-state index in [2.05, 4.69) is 9.47 Å². The third kappa shape index (κ3) is 5.81. The lowest BCUT2D eigenvalue weighted by molar-refractivity contribution is -0.140. The molecule has 0 N–H and O–H groups in total. The Morgan fingerprint density at radius 3 is 2.40 bits per heavy atom. The highest BCUT2D eigenvalue weighted by Gasteiger charge is 2.06. The Bertz CT molecular complexity index is 580. The number of carbonyl (C=O) groups excluding carboxylic acids is 3. The van der Waals surface area contributed by atoms with Crippen LogP contribution in [0.15, 0.2) is 42.5 Å². The van der Waals surface area contributed by atoms with Crippen molar-refractivity contribution in [3.05, 3.63) is 48.0 Å². The van der Waals surface area contributed by atoms with Crippen LogP contribution in [0.3, 0.4) is 0 Å². The van der Waals surface area contributed by atoms with Crippen LogP contribution in [0.25, 0.3) is 0 Å². The first-order chi connectivity index (χ1) is 10.8. The van der Waals surface area contributed by atoms with E-state index in [1.165, 1.54) is 0 Å². The van der Waals surface area contributed by atoms with Gasteiger partial charge in [0.15, 0.2) is 0 Å². The fourth-order valence-corrected chi connectivity index (χ4v) is 1.15. The molecule has 0 aromatic heterocycles. The van der Waals surface area contributed by atoms with Crippen LogP contribution in [0.2, 0.25) is 0 Å². The van der Waals surface area contributed by atoms with Gasteiger partial charge in [0.05, 0.1) is 16.7 Å². The number of rotatable bonds is 6. The lowest BCUT2D eigenvalue weighted by Gasteiger charge is -2.04. The molecule has 0 aliphatic heterocycles. The molecule has 0 saturated carbocycles. The summed E-state index contributed by atoms with van der Waals surface area (Å²) in [6, 6.07) is 8.27. The van der Waals surface area contributed by atoms with Crippen LogP contribution >= 0.6 is 0 Å². The van der Waals surface area contributed by atoms with E-state index >= 15 is 0 Å². The average molecular weight is 281 g/mol. The summed E-state index contributed by atoms with van der Waals surface area (Å²) < 4.78 is 33.6. The van der Waals surface area contributed by atoms with Crippen molar-refractivity contribution in [3.8, 4) is 0 Å². The molecule has 1 aromatic carbocycles. The Hall–Kier alpha value is -2.63. The molecule has 0 radical (unpaired) electrons. The third-order valence-electron chi connectivity index (χ3n) is 2.03. The van der Waals surface area contributed by atoms with Gasteiger partial charge in [-0.15, -0.1) is 0 Å². The van der Waals surface area contributed by atoms with Crippen molar-refractivity contribution in [1.29, 1.82) is 0 Å². The lowest BCUT2D eigenvalue weighted by atomic mass is 10.2. The van der Waals surface area contributed by atoms with Crippen molar-refractivity contribution in [2.45, 2.75) is 0 Å². The molecule has 0 amide bonds. The predicted molar refractivity (Wildman–Crippen MR) is 68.8 cm³/mol. The van der Waals surface area contributed by atoms with Gasteiger partial charge in [0, 0.05) is 12.2 Å².